The van der Waals surface area contributed by atoms with E-state index in [1.807, 2.05) is 42.5 Å². The predicted molar refractivity (Wildman–Crippen MR) is 102 cm³/mol. The van der Waals surface area contributed by atoms with Crippen molar-refractivity contribution in [2.24, 2.45) is 0 Å². The van der Waals surface area contributed by atoms with Crippen LogP contribution in [0.25, 0.3) is 11.0 Å². The summed E-state index contributed by atoms with van der Waals surface area (Å²) in [5, 5.41) is 9.50. The summed E-state index contributed by atoms with van der Waals surface area (Å²) < 4.78 is 16.2. The van der Waals surface area contributed by atoms with Crippen LogP contribution >= 0.6 is 11.8 Å². The number of fused-ring (bicyclic) bond motifs is 1. The first-order valence-electron chi connectivity index (χ1n) is 8.31. The number of methoxy groups -OCH3 is 1. The maximum Gasteiger partial charge on any atom is 0.336 e. The van der Waals surface area contributed by atoms with Crippen LogP contribution in [0.2, 0.25) is 0 Å². The third kappa shape index (κ3) is 4.03. The van der Waals surface area contributed by atoms with Gasteiger partial charge < -0.3 is 13.6 Å². The second-order valence-corrected chi connectivity index (χ2v) is 6.79. The predicted octanol–water partition coefficient (Wildman–Crippen LogP) is 4.07. The van der Waals surface area contributed by atoms with E-state index in [-0.39, 0.29) is 0 Å². The van der Waals surface area contributed by atoms with Crippen LogP contribution in [-0.4, -0.2) is 17.3 Å². The Morgan fingerprint density at radius 1 is 1.04 bits per heavy atom. The van der Waals surface area contributed by atoms with Crippen LogP contribution in [-0.2, 0) is 12.2 Å². The quantitative estimate of drug-likeness (QED) is 0.368. The number of ether oxygens (including phenoxy) is 1. The molecule has 0 N–H and O–H groups in total. The molecular formula is C20H16N2O4S. The number of aromatic nitrogens is 2. The van der Waals surface area contributed by atoms with Crippen LogP contribution in [0.15, 0.2) is 73.4 Å². The standard InChI is InChI=1S/C20H16N2O4S/c1-24-15-7-8-16-14(10-19(23)25-17(16)11-15)12-27-20-22-21-18(26-20)9-13-5-3-2-4-6-13/h2-8,10-11H,9,12H2,1H3. The highest BCUT2D eigenvalue weighted by Gasteiger charge is 2.11. The highest BCUT2D eigenvalue weighted by Crippen LogP contribution is 2.28. The lowest BCUT2D eigenvalue weighted by Gasteiger charge is -2.05. The Kier molecular flexibility index (Phi) is 4.93. The SMILES string of the molecule is COc1ccc2c(CSc3nnc(Cc4ccccc4)o3)cc(=O)oc2c1. The largest absolute Gasteiger partial charge is 0.497 e. The molecule has 0 radical (unpaired) electrons. The Bertz CT molecular complexity index is 1120. The van der Waals surface area contributed by atoms with Crippen molar-refractivity contribution >= 4 is 22.7 Å². The second kappa shape index (κ2) is 7.67. The van der Waals surface area contributed by atoms with Gasteiger partial charge >= 0.3 is 5.63 Å². The molecule has 0 aliphatic carbocycles. The lowest BCUT2D eigenvalue weighted by molar-refractivity contribution is 0.414. The van der Waals surface area contributed by atoms with Crippen LogP contribution in [0.5, 0.6) is 5.75 Å². The third-order valence-electron chi connectivity index (χ3n) is 4.03. The molecule has 7 heteroatoms. The van der Waals surface area contributed by atoms with Gasteiger partial charge in [-0.2, -0.15) is 0 Å². The van der Waals surface area contributed by atoms with Crippen molar-refractivity contribution in [3.05, 3.63) is 82.0 Å². The summed E-state index contributed by atoms with van der Waals surface area (Å²) in [5.74, 6) is 1.71. The van der Waals surface area contributed by atoms with Crippen LogP contribution in [0.4, 0.5) is 0 Å². The molecule has 0 fully saturated rings. The van der Waals surface area contributed by atoms with Crippen molar-refractivity contribution in [2.75, 3.05) is 7.11 Å². The van der Waals surface area contributed by atoms with Crippen molar-refractivity contribution in [3.63, 3.8) is 0 Å². The second-order valence-electron chi connectivity index (χ2n) is 5.87. The van der Waals surface area contributed by atoms with Crippen molar-refractivity contribution in [1.29, 1.82) is 0 Å². The van der Waals surface area contributed by atoms with E-state index in [2.05, 4.69) is 10.2 Å². The Balaban J connectivity index is 1.51. The van der Waals surface area contributed by atoms with Gasteiger partial charge in [-0.05, 0) is 23.3 Å². The Morgan fingerprint density at radius 3 is 2.70 bits per heavy atom. The molecule has 0 atom stereocenters. The van der Waals surface area contributed by atoms with Gasteiger partial charge in [-0.25, -0.2) is 4.79 Å². The Hall–Kier alpha value is -3.06. The Morgan fingerprint density at radius 2 is 1.89 bits per heavy atom. The van der Waals surface area contributed by atoms with Gasteiger partial charge in [0.1, 0.15) is 11.3 Å². The number of benzene rings is 2. The molecule has 2 heterocycles. The van der Waals surface area contributed by atoms with E-state index >= 15 is 0 Å². The molecule has 4 aromatic rings. The van der Waals surface area contributed by atoms with E-state index in [1.165, 1.54) is 17.8 Å². The van der Waals surface area contributed by atoms with Gasteiger partial charge in [0.15, 0.2) is 0 Å². The highest BCUT2D eigenvalue weighted by molar-refractivity contribution is 7.98. The molecule has 0 spiro atoms. The van der Waals surface area contributed by atoms with Gasteiger partial charge in [0, 0.05) is 23.3 Å². The molecular weight excluding hydrogens is 364 g/mol. The minimum atomic E-state index is -0.401. The van der Waals surface area contributed by atoms with E-state index in [9.17, 15) is 4.79 Å². The van der Waals surface area contributed by atoms with Gasteiger partial charge in [0.2, 0.25) is 5.89 Å². The van der Waals surface area contributed by atoms with Gasteiger partial charge in [-0.1, -0.05) is 42.1 Å². The lowest BCUT2D eigenvalue weighted by atomic mass is 10.1. The van der Waals surface area contributed by atoms with Crippen molar-refractivity contribution in [1.82, 2.24) is 10.2 Å². The van der Waals surface area contributed by atoms with E-state index in [0.717, 1.165) is 16.5 Å². The number of rotatable bonds is 6. The number of nitrogens with zero attached hydrogens (tertiary/aromatic N) is 2. The fraction of sp³-hybridized carbons (Fsp3) is 0.150. The van der Waals surface area contributed by atoms with Crippen molar-refractivity contribution in [3.8, 4) is 5.75 Å². The third-order valence-corrected chi connectivity index (χ3v) is 4.90. The summed E-state index contributed by atoms with van der Waals surface area (Å²) >= 11 is 1.39. The smallest absolute Gasteiger partial charge is 0.336 e. The fourth-order valence-electron chi connectivity index (χ4n) is 2.73. The fourth-order valence-corrected chi connectivity index (χ4v) is 3.51. The van der Waals surface area contributed by atoms with E-state index in [1.54, 1.807) is 13.2 Å². The van der Waals surface area contributed by atoms with E-state index in [4.69, 9.17) is 13.6 Å². The minimum absolute atomic E-state index is 0.401. The first kappa shape index (κ1) is 17.4. The maximum absolute atomic E-state index is 11.9. The van der Waals surface area contributed by atoms with Crippen LogP contribution < -0.4 is 10.4 Å². The molecule has 0 amide bonds. The molecule has 0 saturated heterocycles. The molecule has 0 saturated carbocycles. The number of hydrogen-bond donors (Lipinski definition) is 0. The summed E-state index contributed by atoms with van der Waals surface area (Å²) in [6.45, 7) is 0. The van der Waals surface area contributed by atoms with Gasteiger partial charge in [0.05, 0.1) is 13.5 Å². The van der Waals surface area contributed by atoms with Crippen LogP contribution in [0, 0.1) is 0 Å². The first-order chi connectivity index (χ1) is 13.2. The van der Waals surface area contributed by atoms with Crippen LogP contribution in [0.3, 0.4) is 0 Å². The first-order valence-corrected chi connectivity index (χ1v) is 9.30. The molecule has 6 nitrogen and oxygen atoms in total. The van der Waals surface area contributed by atoms with Gasteiger partial charge in [-0.3, -0.25) is 0 Å². The number of thioether (sulfide) groups is 1. The highest BCUT2D eigenvalue weighted by atomic mass is 32.2. The molecule has 0 bridgehead atoms. The zero-order valence-electron chi connectivity index (χ0n) is 14.5. The molecule has 27 heavy (non-hydrogen) atoms. The Labute approximate surface area is 159 Å². The average molecular weight is 380 g/mol. The van der Waals surface area contributed by atoms with E-state index in [0.29, 0.717) is 34.6 Å². The summed E-state index contributed by atoms with van der Waals surface area (Å²) in [7, 11) is 1.57. The summed E-state index contributed by atoms with van der Waals surface area (Å²) in [6, 6.07) is 16.8. The summed E-state index contributed by atoms with van der Waals surface area (Å²) in [5.41, 5.74) is 2.05. The lowest BCUT2D eigenvalue weighted by Crippen LogP contribution is -2.00. The molecule has 0 aliphatic heterocycles. The van der Waals surface area contributed by atoms with Gasteiger partial charge in [0.25, 0.3) is 5.22 Å². The zero-order valence-corrected chi connectivity index (χ0v) is 15.4. The molecule has 136 valence electrons. The monoisotopic (exact) mass is 380 g/mol. The summed E-state index contributed by atoms with van der Waals surface area (Å²) in [6.07, 6.45) is 0.589. The molecule has 0 aliphatic rings. The molecule has 0 unspecified atom stereocenters. The minimum Gasteiger partial charge on any atom is -0.497 e. The van der Waals surface area contributed by atoms with Crippen LogP contribution in [0.1, 0.15) is 17.0 Å². The normalized spacial score (nSPS) is 11.0. The summed E-state index contributed by atoms with van der Waals surface area (Å²) in [4.78, 5) is 11.9. The van der Waals surface area contributed by atoms with Crippen molar-refractivity contribution in [2.45, 2.75) is 17.4 Å². The molecule has 2 aromatic carbocycles. The van der Waals surface area contributed by atoms with Gasteiger partial charge in [-0.15, -0.1) is 10.2 Å². The van der Waals surface area contributed by atoms with E-state index < -0.39 is 5.63 Å². The number of hydrogen-bond acceptors (Lipinski definition) is 7. The van der Waals surface area contributed by atoms with Crippen molar-refractivity contribution < 1.29 is 13.6 Å². The molecule has 2 aromatic heterocycles. The maximum atomic E-state index is 11.9. The zero-order chi connectivity index (χ0) is 18.6. The average Bonchev–Trinajstić information content (AvgIpc) is 3.13. The topological polar surface area (TPSA) is 78.4 Å². The molecule has 4 rings (SSSR count).